The number of hydrogen-bond donors (Lipinski definition) is 1. The summed E-state index contributed by atoms with van der Waals surface area (Å²) in [5.41, 5.74) is -0.377. The summed E-state index contributed by atoms with van der Waals surface area (Å²) < 4.78 is 41.2. The molecule has 12 heteroatoms. The Morgan fingerprint density at radius 1 is 1.19 bits per heavy atom. The van der Waals surface area contributed by atoms with Crippen molar-refractivity contribution in [3.8, 4) is 5.75 Å². The second-order valence-electron chi connectivity index (χ2n) is 10.6. The minimum absolute atomic E-state index is 0.0295. The molecule has 218 valence electrons. The number of carbonyl (C=O) groups excluding carboxylic acids is 2. The van der Waals surface area contributed by atoms with Crippen molar-refractivity contribution in [3.63, 3.8) is 0 Å². The van der Waals surface area contributed by atoms with Crippen molar-refractivity contribution in [2.24, 2.45) is 5.16 Å². The topological polar surface area (TPSA) is 111 Å². The predicted octanol–water partition coefficient (Wildman–Crippen LogP) is 3.89. The number of nitrogens with zero attached hydrogens (tertiary/aromatic N) is 3. The van der Waals surface area contributed by atoms with Crippen LogP contribution in [0.15, 0.2) is 64.7 Å². The quantitative estimate of drug-likeness (QED) is 0.475. The van der Waals surface area contributed by atoms with Crippen LogP contribution in [0.5, 0.6) is 5.75 Å². The van der Waals surface area contributed by atoms with E-state index in [1.54, 1.807) is 24.0 Å². The maximum absolute atomic E-state index is 14.2. The van der Waals surface area contributed by atoms with Gasteiger partial charge in [0.25, 0.3) is 17.6 Å². The van der Waals surface area contributed by atoms with Gasteiger partial charge in [-0.1, -0.05) is 36.4 Å². The molecule has 2 bridgehead atoms. The van der Waals surface area contributed by atoms with Crippen LogP contribution < -0.4 is 15.5 Å². The molecule has 0 radical (unpaired) electrons. The smallest absolute Gasteiger partial charge is 0.299 e. The van der Waals surface area contributed by atoms with Gasteiger partial charge in [0.1, 0.15) is 29.8 Å². The highest BCUT2D eigenvalue weighted by atomic mass is 19.1. The summed E-state index contributed by atoms with van der Waals surface area (Å²) in [6.07, 6.45) is 2.22. The Hall–Kier alpha value is -4.74. The highest BCUT2D eigenvalue weighted by Gasteiger charge is 2.56. The van der Waals surface area contributed by atoms with Gasteiger partial charge in [0.15, 0.2) is 11.4 Å². The summed E-state index contributed by atoms with van der Waals surface area (Å²) in [4.78, 5) is 48.7. The lowest BCUT2D eigenvalue weighted by Crippen LogP contribution is -2.53. The van der Waals surface area contributed by atoms with Crippen LogP contribution in [-0.2, 0) is 22.7 Å². The van der Waals surface area contributed by atoms with Gasteiger partial charge in [0.05, 0.1) is 0 Å². The van der Waals surface area contributed by atoms with Crippen LogP contribution in [0.2, 0.25) is 0 Å². The number of rotatable bonds is 6. The molecule has 4 heterocycles. The standard InChI is InChI=1S/C30H28F2N4O6/c1-17-10-11-30(41-18(2)34-42-30)24-15-35(17)29(39)25-27(40-16-19-6-4-3-5-7-19)26(37)22(14-36(24)25)28(38)33-13-20-8-9-21(31)12-23(20)32/h3-9,12,14,17,24H,10-11,13,15-16H2,1-2H3,(H,33,38). The summed E-state index contributed by atoms with van der Waals surface area (Å²) in [5.74, 6) is -4.09. The number of fused-ring (bicyclic) bond motifs is 5. The van der Waals surface area contributed by atoms with E-state index in [9.17, 15) is 23.2 Å². The van der Waals surface area contributed by atoms with Crippen molar-refractivity contribution >= 4 is 17.7 Å². The van der Waals surface area contributed by atoms with Crippen molar-refractivity contribution in [1.82, 2.24) is 14.8 Å². The van der Waals surface area contributed by atoms with Gasteiger partial charge in [-0.05, 0) is 30.1 Å². The second-order valence-corrected chi connectivity index (χ2v) is 10.6. The summed E-state index contributed by atoms with van der Waals surface area (Å²) >= 11 is 0. The molecule has 6 rings (SSSR count). The molecule has 3 aromatic rings. The third-order valence-corrected chi connectivity index (χ3v) is 7.89. The van der Waals surface area contributed by atoms with Crippen molar-refractivity contribution in [2.45, 2.75) is 57.7 Å². The maximum atomic E-state index is 14.2. The van der Waals surface area contributed by atoms with Gasteiger partial charge in [-0.15, -0.1) is 0 Å². The molecular weight excluding hydrogens is 550 g/mol. The molecule has 2 aromatic carbocycles. The zero-order valence-electron chi connectivity index (χ0n) is 22.9. The number of nitrogens with one attached hydrogen (secondary N) is 1. The van der Waals surface area contributed by atoms with Gasteiger partial charge >= 0.3 is 0 Å². The third kappa shape index (κ3) is 4.76. The Morgan fingerprint density at radius 2 is 1.98 bits per heavy atom. The van der Waals surface area contributed by atoms with Crippen molar-refractivity contribution < 1.29 is 32.7 Å². The molecule has 1 N–H and O–H groups in total. The van der Waals surface area contributed by atoms with E-state index in [1.165, 1.54) is 16.8 Å². The largest absolute Gasteiger partial charge is 0.483 e. The zero-order chi connectivity index (χ0) is 29.6. The number of carbonyl (C=O) groups is 2. The fourth-order valence-electron chi connectivity index (χ4n) is 5.64. The van der Waals surface area contributed by atoms with E-state index in [1.807, 2.05) is 25.1 Å². The summed E-state index contributed by atoms with van der Waals surface area (Å²) in [6.45, 7) is 3.40. The first kappa shape index (κ1) is 27.4. The lowest BCUT2D eigenvalue weighted by molar-refractivity contribution is -0.194. The van der Waals surface area contributed by atoms with Crippen molar-refractivity contribution in [1.29, 1.82) is 0 Å². The zero-order valence-corrected chi connectivity index (χ0v) is 22.9. The van der Waals surface area contributed by atoms with Crippen LogP contribution in [-0.4, -0.2) is 45.6 Å². The molecule has 1 aromatic heterocycles. The Morgan fingerprint density at radius 3 is 2.69 bits per heavy atom. The molecule has 1 spiro atoms. The van der Waals surface area contributed by atoms with Gasteiger partial charge in [0, 0.05) is 50.3 Å². The molecule has 2 amide bonds. The first-order valence-corrected chi connectivity index (χ1v) is 13.6. The predicted molar refractivity (Wildman–Crippen MR) is 146 cm³/mol. The van der Waals surface area contributed by atoms with Gasteiger partial charge in [-0.25, -0.2) is 8.78 Å². The molecule has 42 heavy (non-hydrogen) atoms. The number of pyridine rings is 1. The van der Waals surface area contributed by atoms with E-state index in [4.69, 9.17) is 14.3 Å². The van der Waals surface area contributed by atoms with Gasteiger partial charge < -0.3 is 29.1 Å². The molecule has 1 fully saturated rings. The van der Waals surface area contributed by atoms with Crippen molar-refractivity contribution in [3.05, 3.63) is 99.0 Å². The van der Waals surface area contributed by atoms with Crippen molar-refractivity contribution in [2.75, 3.05) is 6.54 Å². The average Bonchev–Trinajstić information content (AvgIpc) is 3.31. The van der Waals surface area contributed by atoms with Crippen LogP contribution in [0.3, 0.4) is 0 Å². The molecule has 3 aliphatic heterocycles. The Balaban J connectivity index is 1.45. The van der Waals surface area contributed by atoms with Gasteiger partial charge in [-0.2, -0.15) is 0 Å². The summed E-state index contributed by atoms with van der Waals surface area (Å²) in [6, 6.07) is 11.2. The van der Waals surface area contributed by atoms with Gasteiger partial charge in [0.2, 0.25) is 11.3 Å². The van der Waals surface area contributed by atoms with Crippen LogP contribution in [0.4, 0.5) is 8.78 Å². The Bertz CT molecular complexity index is 1660. The van der Waals surface area contributed by atoms with Gasteiger partial charge in [-0.3, -0.25) is 14.4 Å². The average molecular weight is 579 g/mol. The molecule has 3 aliphatic rings. The number of aromatic nitrogens is 1. The van der Waals surface area contributed by atoms with E-state index in [0.717, 1.165) is 11.6 Å². The third-order valence-electron chi connectivity index (χ3n) is 7.89. The number of ether oxygens (including phenoxy) is 2. The monoisotopic (exact) mass is 578 g/mol. The molecule has 10 nitrogen and oxygen atoms in total. The molecule has 0 aliphatic carbocycles. The van der Waals surface area contributed by atoms with E-state index in [0.29, 0.717) is 24.8 Å². The van der Waals surface area contributed by atoms with E-state index >= 15 is 0 Å². The fourth-order valence-corrected chi connectivity index (χ4v) is 5.64. The normalized spacial score (nSPS) is 22.5. The van der Waals surface area contributed by atoms with Crippen LogP contribution >= 0.6 is 0 Å². The molecule has 1 saturated heterocycles. The van der Waals surface area contributed by atoms with E-state index in [-0.39, 0.29) is 48.3 Å². The first-order valence-electron chi connectivity index (χ1n) is 13.6. The molecule has 3 unspecified atom stereocenters. The second kappa shape index (κ2) is 10.6. The first-order chi connectivity index (χ1) is 20.2. The Labute approximate surface area is 239 Å². The van der Waals surface area contributed by atoms with Crippen LogP contribution in [0, 0.1) is 11.6 Å². The lowest BCUT2D eigenvalue weighted by atomic mass is 9.99. The molecule has 0 saturated carbocycles. The minimum atomic E-state index is -1.28. The number of oxime groups is 1. The van der Waals surface area contributed by atoms with E-state index in [2.05, 4.69) is 10.5 Å². The van der Waals surface area contributed by atoms with Crippen LogP contribution in [0.25, 0.3) is 0 Å². The van der Waals surface area contributed by atoms with Crippen LogP contribution in [0.1, 0.15) is 64.7 Å². The number of amides is 2. The maximum Gasteiger partial charge on any atom is 0.299 e. The molecule has 3 atom stereocenters. The number of benzene rings is 2. The van der Waals surface area contributed by atoms with E-state index < -0.39 is 40.7 Å². The minimum Gasteiger partial charge on any atom is -0.483 e. The fraction of sp³-hybridized carbons (Fsp3) is 0.333. The highest BCUT2D eigenvalue weighted by Crippen LogP contribution is 2.45. The Kier molecular flexibility index (Phi) is 6.91. The number of halogens is 2. The SMILES string of the molecule is CC1=NOC2(CCC(C)N3CC2n2cc(C(=O)NCc4ccc(F)cc4F)c(=O)c(OCc4ccccc4)c2C3=O)O1. The number of hydrogen-bond acceptors (Lipinski definition) is 7. The highest BCUT2D eigenvalue weighted by molar-refractivity contribution is 5.99. The summed E-state index contributed by atoms with van der Waals surface area (Å²) in [7, 11) is 0. The lowest BCUT2D eigenvalue weighted by Gasteiger charge is -2.41. The summed E-state index contributed by atoms with van der Waals surface area (Å²) in [5, 5.41) is 6.54. The molecular formula is C30H28F2N4O6.